The molecule has 0 spiro atoms. The first-order chi connectivity index (χ1) is 10.1. The fourth-order valence-corrected chi connectivity index (χ4v) is 2.96. The summed E-state index contributed by atoms with van der Waals surface area (Å²) in [6, 6.07) is 3.64. The van der Waals surface area contributed by atoms with Gasteiger partial charge in [0, 0.05) is 26.1 Å². The Bertz CT molecular complexity index is 514. The summed E-state index contributed by atoms with van der Waals surface area (Å²) in [5, 5.41) is 0. The Balaban J connectivity index is 1.59. The molecule has 2 aliphatic heterocycles. The monoisotopic (exact) mass is 292 g/mol. The third-order valence-corrected chi connectivity index (χ3v) is 4.04. The van der Waals surface area contributed by atoms with Crippen molar-refractivity contribution >= 4 is 11.8 Å². The van der Waals surface area contributed by atoms with E-state index in [0.29, 0.717) is 39.2 Å². The Morgan fingerprint density at radius 3 is 3.00 bits per heavy atom. The van der Waals surface area contributed by atoms with Gasteiger partial charge in [0.25, 0.3) is 0 Å². The van der Waals surface area contributed by atoms with Crippen LogP contribution in [0.5, 0.6) is 0 Å². The second kappa shape index (κ2) is 5.89. The van der Waals surface area contributed by atoms with Crippen molar-refractivity contribution in [2.24, 2.45) is 5.92 Å². The molecule has 2 atom stereocenters. The lowest BCUT2D eigenvalue weighted by Crippen LogP contribution is -2.47. The Morgan fingerprint density at radius 1 is 1.43 bits per heavy atom. The molecule has 1 aromatic rings. The summed E-state index contributed by atoms with van der Waals surface area (Å²) in [7, 11) is 0. The molecule has 1 aromatic heterocycles. The fourth-order valence-electron chi connectivity index (χ4n) is 2.96. The second-order valence-electron chi connectivity index (χ2n) is 5.72. The van der Waals surface area contributed by atoms with E-state index in [1.807, 2.05) is 17.9 Å². The molecule has 114 valence electrons. The summed E-state index contributed by atoms with van der Waals surface area (Å²) < 4.78 is 10.7. The number of morpholine rings is 1. The molecule has 3 heterocycles. The summed E-state index contributed by atoms with van der Waals surface area (Å²) in [5.41, 5.74) is 0. The number of rotatable bonds is 3. The molecule has 0 N–H and O–H groups in total. The first-order valence-electron chi connectivity index (χ1n) is 7.34. The van der Waals surface area contributed by atoms with Crippen molar-refractivity contribution in [1.29, 1.82) is 0 Å². The lowest BCUT2D eigenvalue weighted by atomic mass is 10.1. The van der Waals surface area contributed by atoms with Crippen LogP contribution in [0.25, 0.3) is 0 Å². The Labute approximate surface area is 123 Å². The van der Waals surface area contributed by atoms with Crippen LogP contribution in [0.1, 0.15) is 19.1 Å². The quantitative estimate of drug-likeness (QED) is 0.829. The van der Waals surface area contributed by atoms with Crippen molar-refractivity contribution in [3.8, 4) is 0 Å². The minimum atomic E-state index is -0.238. The topological polar surface area (TPSA) is 63.0 Å². The molecule has 0 saturated carbocycles. The molecule has 3 rings (SSSR count). The number of carbonyl (C=O) groups is 2. The molecule has 0 bridgehead atoms. The van der Waals surface area contributed by atoms with Gasteiger partial charge in [-0.1, -0.05) is 0 Å². The van der Waals surface area contributed by atoms with Gasteiger partial charge in [-0.25, -0.2) is 0 Å². The van der Waals surface area contributed by atoms with Gasteiger partial charge in [0.15, 0.2) is 0 Å². The molecule has 0 aromatic carbocycles. The zero-order valence-electron chi connectivity index (χ0n) is 12.2. The molecular weight excluding hydrogens is 272 g/mol. The van der Waals surface area contributed by atoms with Gasteiger partial charge in [-0.2, -0.15) is 0 Å². The van der Waals surface area contributed by atoms with Gasteiger partial charge in [0.1, 0.15) is 5.76 Å². The van der Waals surface area contributed by atoms with E-state index in [1.165, 1.54) is 0 Å². The van der Waals surface area contributed by atoms with Crippen molar-refractivity contribution in [3.63, 3.8) is 0 Å². The molecule has 21 heavy (non-hydrogen) atoms. The van der Waals surface area contributed by atoms with Crippen molar-refractivity contribution in [3.05, 3.63) is 24.2 Å². The van der Waals surface area contributed by atoms with E-state index in [-0.39, 0.29) is 23.8 Å². The summed E-state index contributed by atoms with van der Waals surface area (Å²) in [6.45, 7) is 4.68. The largest absolute Gasteiger partial charge is 0.467 e. The average molecular weight is 292 g/mol. The van der Waals surface area contributed by atoms with Crippen LogP contribution in [0.4, 0.5) is 0 Å². The van der Waals surface area contributed by atoms with Gasteiger partial charge >= 0.3 is 0 Å². The maximum atomic E-state index is 12.5. The van der Waals surface area contributed by atoms with Crippen LogP contribution in [-0.4, -0.2) is 54.0 Å². The number of amides is 2. The summed E-state index contributed by atoms with van der Waals surface area (Å²) in [6.07, 6.45) is 1.96. The third kappa shape index (κ3) is 3.10. The maximum absolute atomic E-state index is 12.5. The summed E-state index contributed by atoms with van der Waals surface area (Å²) in [5.74, 6) is 0.598. The molecule has 2 amide bonds. The van der Waals surface area contributed by atoms with Crippen molar-refractivity contribution in [1.82, 2.24) is 9.80 Å². The van der Waals surface area contributed by atoms with E-state index >= 15 is 0 Å². The standard InChI is InChI=1S/C15H20N2O4/c1-11-8-16(4-6-20-11)15(19)12-7-14(18)17(9-12)10-13-3-2-5-21-13/h2-3,5,11-12H,4,6-10H2,1H3. The number of likely N-dealkylation sites (tertiary alicyclic amines) is 1. The molecule has 2 aliphatic rings. The minimum absolute atomic E-state index is 0.0195. The van der Waals surface area contributed by atoms with E-state index in [2.05, 4.69) is 0 Å². The van der Waals surface area contributed by atoms with Crippen LogP contribution in [0.3, 0.4) is 0 Å². The van der Waals surface area contributed by atoms with Crippen LogP contribution >= 0.6 is 0 Å². The van der Waals surface area contributed by atoms with E-state index < -0.39 is 0 Å². The maximum Gasteiger partial charge on any atom is 0.228 e. The molecule has 6 nitrogen and oxygen atoms in total. The highest BCUT2D eigenvalue weighted by atomic mass is 16.5. The zero-order valence-corrected chi connectivity index (χ0v) is 12.2. The fraction of sp³-hybridized carbons (Fsp3) is 0.600. The van der Waals surface area contributed by atoms with Gasteiger partial charge in [0.05, 0.1) is 31.4 Å². The Hall–Kier alpha value is -1.82. The summed E-state index contributed by atoms with van der Waals surface area (Å²) in [4.78, 5) is 28.1. The SMILES string of the molecule is CC1CN(C(=O)C2CC(=O)N(Cc3ccco3)C2)CCO1. The molecule has 0 aliphatic carbocycles. The molecule has 2 unspecified atom stereocenters. The van der Waals surface area contributed by atoms with Gasteiger partial charge in [-0.3, -0.25) is 9.59 Å². The normalized spacial score (nSPS) is 26.4. The highest BCUT2D eigenvalue weighted by Crippen LogP contribution is 2.23. The van der Waals surface area contributed by atoms with Crippen molar-refractivity contribution < 1.29 is 18.7 Å². The van der Waals surface area contributed by atoms with E-state index in [4.69, 9.17) is 9.15 Å². The minimum Gasteiger partial charge on any atom is -0.467 e. The lowest BCUT2D eigenvalue weighted by molar-refractivity contribution is -0.142. The lowest BCUT2D eigenvalue weighted by Gasteiger charge is -2.32. The smallest absolute Gasteiger partial charge is 0.228 e. The first kappa shape index (κ1) is 14.1. The number of hydrogen-bond acceptors (Lipinski definition) is 4. The number of carbonyl (C=O) groups excluding carboxylic acids is 2. The number of hydrogen-bond donors (Lipinski definition) is 0. The molecule has 6 heteroatoms. The zero-order chi connectivity index (χ0) is 14.8. The number of nitrogens with zero attached hydrogens (tertiary/aromatic N) is 2. The Morgan fingerprint density at radius 2 is 2.29 bits per heavy atom. The molecule has 0 radical (unpaired) electrons. The molecule has 2 saturated heterocycles. The number of ether oxygens (including phenoxy) is 1. The molecular formula is C15H20N2O4. The van der Waals surface area contributed by atoms with Gasteiger partial charge in [-0.15, -0.1) is 0 Å². The Kier molecular flexibility index (Phi) is 3.96. The van der Waals surface area contributed by atoms with Crippen molar-refractivity contribution in [2.45, 2.75) is 26.0 Å². The van der Waals surface area contributed by atoms with Crippen LogP contribution in [0.15, 0.2) is 22.8 Å². The average Bonchev–Trinajstić information content (AvgIpc) is 3.09. The van der Waals surface area contributed by atoms with Crippen LogP contribution in [0.2, 0.25) is 0 Å². The van der Waals surface area contributed by atoms with E-state index in [1.54, 1.807) is 17.2 Å². The van der Waals surface area contributed by atoms with Crippen LogP contribution in [0, 0.1) is 5.92 Å². The second-order valence-corrected chi connectivity index (χ2v) is 5.72. The van der Waals surface area contributed by atoms with Crippen molar-refractivity contribution in [2.75, 3.05) is 26.2 Å². The van der Waals surface area contributed by atoms with Gasteiger partial charge < -0.3 is 19.0 Å². The number of furan rings is 1. The third-order valence-electron chi connectivity index (χ3n) is 4.04. The first-order valence-corrected chi connectivity index (χ1v) is 7.34. The predicted molar refractivity (Wildman–Crippen MR) is 74.2 cm³/mol. The van der Waals surface area contributed by atoms with E-state index in [0.717, 1.165) is 5.76 Å². The van der Waals surface area contributed by atoms with E-state index in [9.17, 15) is 9.59 Å². The highest BCUT2D eigenvalue weighted by molar-refractivity contribution is 5.89. The summed E-state index contributed by atoms with van der Waals surface area (Å²) >= 11 is 0. The highest BCUT2D eigenvalue weighted by Gasteiger charge is 2.37. The van der Waals surface area contributed by atoms with Crippen LogP contribution in [-0.2, 0) is 20.9 Å². The molecule has 2 fully saturated rings. The van der Waals surface area contributed by atoms with Gasteiger partial charge in [0.2, 0.25) is 11.8 Å². The van der Waals surface area contributed by atoms with Gasteiger partial charge in [-0.05, 0) is 19.1 Å². The van der Waals surface area contributed by atoms with Crippen LogP contribution < -0.4 is 0 Å². The predicted octanol–water partition coefficient (Wildman–Crippen LogP) is 0.875.